The van der Waals surface area contributed by atoms with Crippen LogP contribution in [0.5, 0.6) is 11.5 Å². The lowest BCUT2D eigenvalue weighted by Crippen LogP contribution is -2.47. The number of benzene rings is 2. The summed E-state index contributed by atoms with van der Waals surface area (Å²) in [5.41, 5.74) is 0.289. The molecule has 0 aliphatic carbocycles. The molecule has 0 bridgehead atoms. The van der Waals surface area contributed by atoms with E-state index in [2.05, 4.69) is 4.90 Å². The molecule has 184 valence electrons. The van der Waals surface area contributed by atoms with Crippen molar-refractivity contribution in [1.82, 2.24) is 9.80 Å². The van der Waals surface area contributed by atoms with Gasteiger partial charge in [0.15, 0.2) is 6.61 Å². The molecular weight excluding hydrogens is 479 g/mol. The fourth-order valence-corrected chi connectivity index (χ4v) is 4.34. The Kier molecular flexibility index (Phi) is 8.55. The van der Waals surface area contributed by atoms with Crippen LogP contribution in [0.1, 0.15) is 18.4 Å². The van der Waals surface area contributed by atoms with Crippen molar-refractivity contribution in [2.75, 3.05) is 52.6 Å². The molecular formula is C25H30Cl2N2O5. The van der Waals surface area contributed by atoms with Crippen molar-refractivity contribution >= 4 is 29.1 Å². The number of halogens is 2. The molecule has 0 unspecified atom stereocenters. The highest BCUT2D eigenvalue weighted by atomic mass is 35.5. The molecule has 2 aliphatic heterocycles. The van der Waals surface area contributed by atoms with Gasteiger partial charge in [-0.15, -0.1) is 0 Å². The number of carbonyl (C=O) groups is 1. The van der Waals surface area contributed by atoms with Gasteiger partial charge < -0.3 is 24.2 Å². The average molecular weight is 509 g/mol. The zero-order valence-electron chi connectivity index (χ0n) is 19.1. The first-order valence-electron chi connectivity index (χ1n) is 11.5. The van der Waals surface area contributed by atoms with Crippen molar-refractivity contribution in [2.45, 2.75) is 25.0 Å². The van der Waals surface area contributed by atoms with E-state index in [1.165, 1.54) is 0 Å². The normalized spacial score (nSPS) is 18.5. The van der Waals surface area contributed by atoms with E-state index in [4.69, 9.17) is 37.4 Å². The highest BCUT2D eigenvalue weighted by Crippen LogP contribution is 2.29. The smallest absolute Gasteiger partial charge is 0.260 e. The van der Waals surface area contributed by atoms with Crippen LogP contribution in [0.2, 0.25) is 10.0 Å². The zero-order chi connectivity index (χ0) is 24.0. The third kappa shape index (κ3) is 6.99. The number of aliphatic hydroxyl groups is 1. The monoisotopic (exact) mass is 508 g/mol. The fraction of sp³-hybridized carbons (Fsp3) is 0.480. The Labute approximate surface area is 210 Å². The first kappa shape index (κ1) is 25.1. The maximum atomic E-state index is 12.2. The summed E-state index contributed by atoms with van der Waals surface area (Å²) in [6.07, 6.45) is 1.25. The van der Waals surface area contributed by atoms with Gasteiger partial charge in [-0.05, 0) is 42.7 Å². The van der Waals surface area contributed by atoms with Crippen molar-refractivity contribution in [1.29, 1.82) is 0 Å². The highest BCUT2D eigenvalue weighted by molar-refractivity contribution is 6.42. The summed E-state index contributed by atoms with van der Waals surface area (Å²) in [6.45, 7) is 4.98. The molecule has 0 saturated carbocycles. The van der Waals surface area contributed by atoms with Crippen LogP contribution in [0.3, 0.4) is 0 Å². The largest absolute Gasteiger partial charge is 0.491 e. The summed E-state index contributed by atoms with van der Waals surface area (Å²) in [5, 5.41) is 11.8. The van der Waals surface area contributed by atoms with Crippen LogP contribution >= 0.6 is 23.2 Å². The average Bonchev–Trinajstić information content (AvgIpc) is 2.86. The molecule has 34 heavy (non-hydrogen) atoms. The molecule has 2 aliphatic rings. The van der Waals surface area contributed by atoms with Crippen LogP contribution in [-0.2, 0) is 16.1 Å². The molecule has 0 aromatic heterocycles. The number of piperidine rings is 1. The Morgan fingerprint density at radius 2 is 1.62 bits per heavy atom. The number of hydrogen-bond acceptors (Lipinski definition) is 6. The Morgan fingerprint density at radius 3 is 2.29 bits per heavy atom. The van der Waals surface area contributed by atoms with Gasteiger partial charge in [0.2, 0.25) is 0 Å². The second kappa shape index (κ2) is 11.6. The van der Waals surface area contributed by atoms with Crippen LogP contribution in [0, 0.1) is 0 Å². The lowest BCUT2D eigenvalue weighted by molar-refractivity contribution is -0.137. The maximum absolute atomic E-state index is 12.2. The van der Waals surface area contributed by atoms with Gasteiger partial charge in [0.1, 0.15) is 23.7 Å². The quantitative estimate of drug-likeness (QED) is 0.586. The van der Waals surface area contributed by atoms with Crippen LogP contribution < -0.4 is 9.47 Å². The number of rotatable bonds is 8. The van der Waals surface area contributed by atoms with E-state index in [1.807, 2.05) is 24.3 Å². The van der Waals surface area contributed by atoms with Crippen molar-refractivity contribution < 1.29 is 24.1 Å². The van der Waals surface area contributed by atoms with E-state index >= 15 is 0 Å². The molecule has 2 fully saturated rings. The number of likely N-dealkylation sites (tertiary alicyclic amines) is 1. The zero-order valence-corrected chi connectivity index (χ0v) is 20.6. The third-order valence-corrected chi connectivity index (χ3v) is 6.98. The molecule has 2 heterocycles. The van der Waals surface area contributed by atoms with E-state index < -0.39 is 5.60 Å². The van der Waals surface area contributed by atoms with E-state index in [0.29, 0.717) is 60.7 Å². The number of carbonyl (C=O) groups excluding carboxylic acids is 1. The molecule has 2 aromatic rings. The maximum Gasteiger partial charge on any atom is 0.260 e. The minimum atomic E-state index is -0.868. The van der Waals surface area contributed by atoms with Crippen LogP contribution in [0.15, 0.2) is 42.5 Å². The van der Waals surface area contributed by atoms with Gasteiger partial charge >= 0.3 is 0 Å². The van der Waals surface area contributed by atoms with Gasteiger partial charge in [-0.1, -0.05) is 35.3 Å². The third-order valence-electron chi connectivity index (χ3n) is 6.24. The second-order valence-corrected chi connectivity index (χ2v) is 9.61. The molecule has 4 rings (SSSR count). The molecule has 0 radical (unpaired) electrons. The molecule has 7 nitrogen and oxygen atoms in total. The summed E-state index contributed by atoms with van der Waals surface area (Å²) in [6, 6.07) is 12.9. The summed E-state index contributed by atoms with van der Waals surface area (Å²) in [7, 11) is 0. The van der Waals surface area contributed by atoms with Crippen molar-refractivity contribution in [3.8, 4) is 11.5 Å². The molecule has 2 aromatic carbocycles. The van der Waals surface area contributed by atoms with Gasteiger partial charge in [-0.25, -0.2) is 0 Å². The Morgan fingerprint density at radius 1 is 0.941 bits per heavy atom. The number of nitrogens with zero attached hydrogens (tertiary/aromatic N) is 2. The van der Waals surface area contributed by atoms with Crippen LogP contribution in [-0.4, -0.2) is 79.0 Å². The van der Waals surface area contributed by atoms with Gasteiger partial charge in [0.05, 0.1) is 23.3 Å². The molecule has 9 heteroatoms. The van der Waals surface area contributed by atoms with Gasteiger partial charge in [0.25, 0.3) is 5.91 Å². The van der Waals surface area contributed by atoms with Crippen molar-refractivity contribution in [3.05, 3.63) is 58.1 Å². The molecule has 1 amide bonds. The van der Waals surface area contributed by atoms with Gasteiger partial charge in [0, 0.05) is 38.8 Å². The summed E-state index contributed by atoms with van der Waals surface area (Å²) in [4.78, 5) is 16.3. The first-order chi connectivity index (χ1) is 16.4. The fourth-order valence-electron chi connectivity index (χ4n) is 4.05. The Balaban J connectivity index is 1.19. The van der Waals surface area contributed by atoms with Crippen LogP contribution in [0.25, 0.3) is 0 Å². The first-order valence-corrected chi connectivity index (χ1v) is 12.3. The second-order valence-electron chi connectivity index (χ2n) is 8.79. The summed E-state index contributed by atoms with van der Waals surface area (Å²) in [5.74, 6) is 1.26. The van der Waals surface area contributed by atoms with Crippen molar-refractivity contribution in [3.63, 3.8) is 0 Å². The minimum Gasteiger partial charge on any atom is -0.491 e. The predicted octanol–water partition coefficient (Wildman–Crippen LogP) is 3.64. The van der Waals surface area contributed by atoms with Crippen molar-refractivity contribution in [2.24, 2.45) is 0 Å². The number of hydrogen-bond donors (Lipinski definition) is 1. The predicted molar refractivity (Wildman–Crippen MR) is 131 cm³/mol. The summed E-state index contributed by atoms with van der Waals surface area (Å²) < 4.78 is 16.7. The molecule has 1 N–H and O–H groups in total. The standard InChI is InChI=1S/C25H30Cl2N2O5/c26-22-6-5-21(15-23(22)27)34-18-25(31)7-9-28(10-8-25)16-19-1-3-20(4-2-19)33-17-24(30)29-11-13-32-14-12-29/h1-6,15,31H,7-14,16-18H2. The number of amides is 1. The van der Waals surface area contributed by atoms with Gasteiger partial charge in [-0.2, -0.15) is 0 Å². The SMILES string of the molecule is O=C(COc1ccc(CN2CCC(O)(COc3ccc(Cl)c(Cl)c3)CC2)cc1)N1CCOCC1. The molecule has 0 spiro atoms. The highest BCUT2D eigenvalue weighted by Gasteiger charge is 2.33. The van der Waals surface area contributed by atoms with Crippen LogP contribution in [0.4, 0.5) is 0 Å². The van der Waals surface area contributed by atoms with E-state index in [1.54, 1.807) is 23.1 Å². The van der Waals surface area contributed by atoms with E-state index in [-0.39, 0.29) is 19.1 Å². The lowest BCUT2D eigenvalue weighted by Gasteiger charge is -2.38. The topological polar surface area (TPSA) is 71.5 Å². The number of ether oxygens (including phenoxy) is 3. The minimum absolute atomic E-state index is 0.0173. The summed E-state index contributed by atoms with van der Waals surface area (Å²) >= 11 is 12.0. The van der Waals surface area contributed by atoms with E-state index in [9.17, 15) is 9.90 Å². The lowest BCUT2D eigenvalue weighted by atomic mass is 9.92. The van der Waals surface area contributed by atoms with Gasteiger partial charge in [-0.3, -0.25) is 9.69 Å². The molecule has 0 atom stereocenters. The van der Waals surface area contributed by atoms with E-state index in [0.717, 1.165) is 25.2 Å². The molecule has 2 saturated heterocycles. The number of morpholine rings is 1. The Bertz CT molecular complexity index is 958. The Hall–Kier alpha value is -2.03.